The lowest BCUT2D eigenvalue weighted by Gasteiger charge is -2.09. The van der Waals surface area contributed by atoms with Crippen molar-refractivity contribution >= 4 is 33.5 Å². The van der Waals surface area contributed by atoms with Gasteiger partial charge in [0.25, 0.3) is 5.56 Å². The second-order valence-electron chi connectivity index (χ2n) is 4.57. The number of carboxylic acids is 2. The third-order valence-corrected chi connectivity index (χ3v) is 3.98. The van der Waals surface area contributed by atoms with Gasteiger partial charge in [-0.05, 0) is 12.1 Å². The number of aromatic nitrogens is 3. The summed E-state index contributed by atoms with van der Waals surface area (Å²) < 4.78 is 0.923. The molecule has 0 unspecified atom stereocenters. The molecule has 0 aromatic carbocycles. The SMILES string of the molecule is O=C(O)Cn1c(-c2ccccn2)nc2scc(C(=O)O)c2c1=O. The number of hydrogen-bond acceptors (Lipinski definition) is 6. The van der Waals surface area contributed by atoms with Crippen molar-refractivity contribution in [2.24, 2.45) is 0 Å². The van der Waals surface area contributed by atoms with Crippen molar-refractivity contribution in [3.63, 3.8) is 0 Å². The molecular formula is C14H9N3O5S. The van der Waals surface area contributed by atoms with Crippen molar-refractivity contribution in [2.75, 3.05) is 0 Å². The summed E-state index contributed by atoms with van der Waals surface area (Å²) >= 11 is 1.01. The molecule has 0 amide bonds. The normalized spacial score (nSPS) is 10.8. The smallest absolute Gasteiger partial charge is 0.337 e. The molecule has 0 aliphatic carbocycles. The molecule has 0 aliphatic rings. The van der Waals surface area contributed by atoms with E-state index in [0.717, 1.165) is 15.9 Å². The number of carboxylic acid groups (broad SMARTS) is 2. The maximum absolute atomic E-state index is 12.6. The van der Waals surface area contributed by atoms with E-state index in [4.69, 9.17) is 10.2 Å². The van der Waals surface area contributed by atoms with Crippen LogP contribution in [0.25, 0.3) is 21.7 Å². The molecule has 23 heavy (non-hydrogen) atoms. The van der Waals surface area contributed by atoms with Crippen molar-refractivity contribution in [1.82, 2.24) is 14.5 Å². The van der Waals surface area contributed by atoms with Gasteiger partial charge in [0.05, 0.1) is 10.9 Å². The predicted octanol–water partition coefficient (Wildman–Crippen LogP) is 1.30. The van der Waals surface area contributed by atoms with Crippen molar-refractivity contribution < 1.29 is 19.8 Å². The summed E-state index contributed by atoms with van der Waals surface area (Å²) in [5, 5.41) is 19.4. The highest BCUT2D eigenvalue weighted by Crippen LogP contribution is 2.24. The third kappa shape index (κ3) is 2.57. The van der Waals surface area contributed by atoms with Crippen LogP contribution in [-0.2, 0) is 11.3 Å². The minimum atomic E-state index is -1.26. The fourth-order valence-corrected chi connectivity index (χ4v) is 3.06. The number of rotatable bonds is 4. The van der Waals surface area contributed by atoms with E-state index >= 15 is 0 Å². The van der Waals surface area contributed by atoms with Gasteiger partial charge in [-0.2, -0.15) is 0 Å². The van der Waals surface area contributed by atoms with Crippen LogP contribution in [0.2, 0.25) is 0 Å². The monoisotopic (exact) mass is 331 g/mol. The fraction of sp³-hybridized carbons (Fsp3) is 0.0714. The molecule has 2 N–H and O–H groups in total. The van der Waals surface area contributed by atoms with Crippen molar-refractivity contribution in [2.45, 2.75) is 6.54 Å². The van der Waals surface area contributed by atoms with Crippen molar-refractivity contribution in [3.05, 3.63) is 45.7 Å². The summed E-state index contributed by atoms with van der Waals surface area (Å²) in [6.45, 7) is -0.636. The zero-order valence-electron chi connectivity index (χ0n) is 11.5. The average Bonchev–Trinajstić information content (AvgIpc) is 2.95. The maximum Gasteiger partial charge on any atom is 0.337 e. The van der Waals surface area contributed by atoms with E-state index < -0.39 is 24.0 Å². The lowest BCUT2D eigenvalue weighted by Crippen LogP contribution is -2.27. The quantitative estimate of drug-likeness (QED) is 0.738. The second kappa shape index (κ2) is 5.61. The van der Waals surface area contributed by atoms with Gasteiger partial charge in [0.1, 0.15) is 17.1 Å². The number of nitrogens with zero attached hydrogens (tertiary/aromatic N) is 3. The van der Waals surface area contributed by atoms with Crippen LogP contribution in [0, 0.1) is 0 Å². The van der Waals surface area contributed by atoms with Crippen LogP contribution in [0.5, 0.6) is 0 Å². The molecule has 3 aromatic rings. The number of aliphatic carboxylic acids is 1. The zero-order valence-corrected chi connectivity index (χ0v) is 12.3. The number of thiophene rings is 1. The van der Waals surface area contributed by atoms with Gasteiger partial charge < -0.3 is 10.2 Å². The van der Waals surface area contributed by atoms with Gasteiger partial charge in [0.15, 0.2) is 5.82 Å². The molecule has 9 heteroatoms. The fourth-order valence-electron chi connectivity index (χ4n) is 2.15. The average molecular weight is 331 g/mol. The van der Waals surface area contributed by atoms with E-state index in [9.17, 15) is 14.4 Å². The lowest BCUT2D eigenvalue weighted by molar-refractivity contribution is -0.137. The molecule has 8 nitrogen and oxygen atoms in total. The van der Waals surface area contributed by atoms with Crippen LogP contribution in [0.1, 0.15) is 10.4 Å². The molecule has 0 bridgehead atoms. The van der Waals surface area contributed by atoms with E-state index in [-0.39, 0.29) is 21.6 Å². The van der Waals surface area contributed by atoms with E-state index in [1.807, 2.05) is 0 Å². The van der Waals surface area contributed by atoms with Gasteiger partial charge in [-0.15, -0.1) is 11.3 Å². The first-order valence-corrected chi connectivity index (χ1v) is 7.25. The molecular weight excluding hydrogens is 322 g/mol. The third-order valence-electron chi connectivity index (χ3n) is 3.11. The molecule has 0 saturated carbocycles. The van der Waals surface area contributed by atoms with Gasteiger partial charge >= 0.3 is 11.9 Å². The van der Waals surface area contributed by atoms with Crippen LogP contribution >= 0.6 is 11.3 Å². The molecule has 0 fully saturated rings. The molecule has 3 heterocycles. The Hall–Kier alpha value is -3.07. The molecule has 3 rings (SSSR count). The molecule has 0 spiro atoms. The molecule has 0 radical (unpaired) electrons. The minimum Gasteiger partial charge on any atom is -0.480 e. The topological polar surface area (TPSA) is 122 Å². The van der Waals surface area contributed by atoms with Gasteiger partial charge in [-0.25, -0.2) is 9.78 Å². The highest BCUT2D eigenvalue weighted by molar-refractivity contribution is 7.17. The van der Waals surface area contributed by atoms with Gasteiger partial charge in [0.2, 0.25) is 0 Å². The van der Waals surface area contributed by atoms with Crippen molar-refractivity contribution in [1.29, 1.82) is 0 Å². The predicted molar refractivity (Wildman–Crippen MR) is 81.7 cm³/mol. The number of pyridine rings is 1. The zero-order chi connectivity index (χ0) is 16.6. The highest BCUT2D eigenvalue weighted by Gasteiger charge is 2.21. The van der Waals surface area contributed by atoms with E-state index in [1.54, 1.807) is 18.2 Å². The number of fused-ring (bicyclic) bond motifs is 1. The summed E-state index contributed by atoms with van der Waals surface area (Å²) in [6, 6.07) is 4.95. The van der Waals surface area contributed by atoms with Crippen LogP contribution in [0.4, 0.5) is 0 Å². The summed E-state index contributed by atoms with van der Waals surface area (Å²) in [7, 11) is 0. The van der Waals surface area contributed by atoms with E-state index in [2.05, 4.69) is 9.97 Å². The van der Waals surface area contributed by atoms with Gasteiger partial charge in [-0.3, -0.25) is 19.1 Å². The molecule has 3 aromatic heterocycles. The van der Waals surface area contributed by atoms with E-state index in [0.29, 0.717) is 5.69 Å². The van der Waals surface area contributed by atoms with E-state index in [1.165, 1.54) is 11.6 Å². The first kappa shape index (κ1) is 14.9. The Morgan fingerprint density at radius 2 is 2.04 bits per heavy atom. The van der Waals surface area contributed by atoms with Crippen LogP contribution in [0.15, 0.2) is 34.6 Å². The maximum atomic E-state index is 12.6. The largest absolute Gasteiger partial charge is 0.480 e. The second-order valence-corrected chi connectivity index (χ2v) is 5.43. The summed E-state index contributed by atoms with van der Waals surface area (Å²) in [5.41, 5.74) is -0.566. The number of carbonyl (C=O) groups is 2. The summed E-state index contributed by atoms with van der Waals surface area (Å²) in [5.74, 6) is -2.41. The van der Waals surface area contributed by atoms with Crippen molar-refractivity contribution in [3.8, 4) is 11.5 Å². The first-order chi connectivity index (χ1) is 11.0. The molecule has 0 aliphatic heterocycles. The van der Waals surface area contributed by atoms with Crippen LogP contribution < -0.4 is 5.56 Å². The summed E-state index contributed by atoms with van der Waals surface area (Å²) in [6.07, 6.45) is 1.49. The van der Waals surface area contributed by atoms with Gasteiger partial charge in [0, 0.05) is 11.6 Å². The standard InChI is InChI=1S/C14H9N3O5S/c18-9(19)5-17-11(8-3-1-2-4-15-8)16-12-10(13(17)20)7(6-23-12)14(21)22/h1-4,6H,5H2,(H,18,19)(H,21,22). The Kier molecular flexibility index (Phi) is 3.62. The molecule has 0 saturated heterocycles. The minimum absolute atomic E-state index is 0.0873. The van der Waals surface area contributed by atoms with Crippen LogP contribution in [-0.4, -0.2) is 36.7 Å². The molecule has 0 atom stereocenters. The summed E-state index contributed by atoms with van der Waals surface area (Å²) in [4.78, 5) is 43.5. The Morgan fingerprint density at radius 3 is 2.65 bits per heavy atom. The Bertz CT molecular complexity index is 977. The Morgan fingerprint density at radius 1 is 1.26 bits per heavy atom. The number of aromatic carboxylic acids is 1. The number of hydrogen-bond donors (Lipinski definition) is 2. The highest BCUT2D eigenvalue weighted by atomic mass is 32.1. The van der Waals surface area contributed by atoms with Gasteiger partial charge in [-0.1, -0.05) is 6.07 Å². The Balaban J connectivity index is 2.38. The Labute approximate surface area is 132 Å². The first-order valence-electron chi connectivity index (χ1n) is 6.37. The van der Waals surface area contributed by atoms with Crippen LogP contribution in [0.3, 0.4) is 0 Å². The lowest BCUT2D eigenvalue weighted by atomic mass is 10.2. The molecule has 116 valence electrons.